The molecule has 10 heteroatoms. The Morgan fingerprint density at radius 3 is 2.58 bits per heavy atom. The van der Waals surface area contributed by atoms with Crippen LogP contribution in [-0.4, -0.2) is 33.6 Å². The summed E-state index contributed by atoms with van der Waals surface area (Å²) in [6, 6.07) is 16.7. The van der Waals surface area contributed by atoms with Gasteiger partial charge in [-0.15, -0.1) is 0 Å². The molecule has 6 nitrogen and oxygen atoms in total. The Morgan fingerprint density at radius 1 is 1.08 bits per heavy atom. The summed E-state index contributed by atoms with van der Waals surface area (Å²) in [6.45, 7) is 2.49. The number of hydrogen-bond acceptors (Lipinski definition) is 5. The summed E-state index contributed by atoms with van der Waals surface area (Å²) in [7, 11) is 0. The number of hydrogen-bond donors (Lipinski definition) is 1. The van der Waals surface area contributed by atoms with Crippen LogP contribution in [0.2, 0.25) is 15.1 Å². The molecule has 0 atom stereocenters. The quantitative estimate of drug-likeness (QED) is 0.301. The summed E-state index contributed by atoms with van der Waals surface area (Å²) in [5.41, 5.74) is 2.07. The van der Waals surface area contributed by atoms with Gasteiger partial charge in [-0.3, -0.25) is 9.69 Å². The van der Waals surface area contributed by atoms with Gasteiger partial charge in [-0.1, -0.05) is 53.0 Å². The zero-order chi connectivity index (χ0) is 25.8. The first kappa shape index (κ1) is 26.1. The Balaban J connectivity index is 1.52. The number of thioether (sulfide) groups is 1. The summed E-state index contributed by atoms with van der Waals surface area (Å²) >= 11 is 19.8. The smallest absolute Gasteiger partial charge is 0.335 e. The Kier molecular flexibility index (Phi) is 8.26. The second-order valence-electron chi connectivity index (χ2n) is 7.62. The van der Waals surface area contributed by atoms with Gasteiger partial charge in [0.2, 0.25) is 0 Å². The zero-order valence-electron chi connectivity index (χ0n) is 18.9. The molecule has 0 spiro atoms. The van der Waals surface area contributed by atoms with E-state index in [0.717, 1.165) is 11.1 Å². The Bertz CT molecular complexity index is 1410. The van der Waals surface area contributed by atoms with Gasteiger partial charge >= 0.3 is 5.97 Å². The average Bonchev–Trinajstić information content (AvgIpc) is 3.13. The third-order valence-electron chi connectivity index (χ3n) is 5.17. The summed E-state index contributed by atoms with van der Waals surface area (Å²) in [5, 5.41) is 11.1. The molecule has 3 aromatic carbocycles. The first-order valence-corrected chi connectivity index (χ1v) is 12.7. The summed E-state index contributed by atoms with van der Waals surface area (Å²) in [5.74, 6) is -0.754. The number of aliphatic imine (C=N–C) groups is 1. The highest BCUT2D eigenvalue weighted by Gasteiger charge is 2.32. The minimum atomic E-state index is -1.04. The number of benzene rings is 3. The standard InChI is InChI=1S/C26H19Cl3N2O4S/c1-2-31-24(32)23(36-26(31)30-19-5-3-4-16(12-19)25(33)34)11-15-6-9-22(21(29)10-15)35-14-17-7-8-18(27)13-20(17)28/h3-13H,2,14H2,1H3,(H,33,34). The molecular formula is C26H19Cl3N2O4S. The van der Waals surface area contributed by atoms with Crippen molar-refractivity contribution in [1.29, 1.82) is 0 Å². The number of carbonyl (C=O) groups is 2. The van der Waals surface area contributed by atoms with Crippen LogP contribution in [0, 0.1) is 0 Å². The van der Waals surface area contributed by atoms with Crippen LogP contribution in [0.3, 0.4) is 0 Å². The van der Waals surface area contributed by atoms with Crippen molar-refractivity contribution in [1.82, 2.24) is 4.90 Å². The summed E-state index contributed by atoms with van der Waals surface area (Å²) in [6.07, 6.45) is 1.73. The van der Waals surface area contributed by atoms with Crippen molar-refractivity contribution in [3.8, 4) is 5.75 Å². The van der Waals surface area contributed by atoms with E-state index in [9.17, 15) is 14.7 Å². The second kappa shape index (κ2) is 11.4. The first-order valence-electron chi connectivity index (χ1n) is 10.7. The van der Waals surface area contributed by atoms with Crippen LogP contribution in [0.4, 0.5) is 5.69 Å². The normalized spacial score (nSPS) is 15.7. The number of carboxylic acid groups (broad SMARTS) is 1. The summed E-state index contributed by atoms with van der Waals surface area (Å²) < 4.78 is 5.81. The molecule has 0 aliphatic carbocycles. The molecule has 0 unspecified atom stereocenters. The second-order valence-corrected chi connectivity index (χ2v) is 9.88. The van der Waals surface area contributed by atoms with E-state index in [2.05, 4.69) is 4.99 Å². The predicted molar refractivity (Wildman–Crippen MR) is 146 cm³/mol. The lowest BCUT2D eigenvalue weighted by atomic mass is 10.2. The van der Waals surface area contributed by atoms with Gasteiger partial charge in [0.05, 0.1) is 21.2 Å². The fourth-order valence-corrected chi connectivity index (χ4v) is 5.13. The number of nitrogens with zero attached hydrogens (tertiary/aromatic N) is 2. The van der Waals surface area contributed by atoms with Gasteiger partial charge in [0.1, 0.15) is 12.4 Å². The SMILES string of the molecule is CCN1C(=O)C(=Cc2ccc(OCc3ccc(Cl)cc3Cl)c(Cl)c2)SC1=Nc1cccc(C(=O)O)c1. The van der Waals surface area contributed by atoms with Crippen molar-refractivity contribution < 1.29 is 19.4 Å². The lowest BCUT2D eigenvalue weighted by molar-refractivity contribution is -0.122. The lowest BCUT2D eigenvalue weighted by Crippen LogP contribution is -2.28. The third-order valence-corrected chi connectivity index (χ3v) is 7.06. The molecule has 1 fully saturated rings. The number of amidine groups is 1. The predicted octanol–water partition coefficient (Wildman–Crippen LogP) is 7.55. The van der Waals surface area contributed by atoms with Gasteiger partial charge in [-0.2, -0.15) is 0 Å². The minimum Gasteiger partial charge on any atom is -0.487 e. The minimum absolute atomic E-state index is 0.125. The molecule has 1 saturated heterocycles. The fraction of sp³-hybridized carbons (Fsp3) is 0.115. The van der Waals surface area contributed by atoms with Crippen molar-refractivity contribution >= 4 is 75.4 Å². The van der Waals surface area contributed by atoms with Crippen molar-refractivity contribution in [2.75, 3.05) is 6.54 Å². The Hall–Kier alpha value is -2.97. The van der Waals surface area contributed by atoms with Gasteiger partial charge in [-0.05, 0) is 72.8 Å². The van der Waals surface area contributed by atoms with E-state index in [1.807, 2.05) is 6.92 Å². The molecule has 184 valence electrons. The van der Waals surface area contributed by atoms with Crippen LogP contribution in [-0.2, 0) is 11.4 Å². The molecule has 1 N–H and O–H groups in total. The molecule has 0 aromatic heterocycles. The number of carboxylic acids is 1. The van der Waals surface area contributed by atoms with E-state index in [1.54, 1.807) is 59.5 Å². The Morgan fingerprint density at radius 2 is 1.89 bits per heavy atom. The monoisotopic (exact) mass is 560 g/mol. The highest BCUT2D eigenvalue weighted by Crippen LogP contribution is 2.35. The maximum absolute atomic E-state index is 13.0. The highest BCUT2D eigenvalue weighted by molar-refractivity contribution is 8.18. The number of amides is 1. The molecule has 1 aliphatic heterocycles. The van der Waals surface area contributed by atoms with Gasteiger partial charge in [0, 0.05) is 22.2 Å². The van der Waals surface area contributed by atoms with E-state index in [4.69, 9.17) is 39.5 Å². The van der Waals surface area contributed by atoms with Crippen LogP contribution in [0.1, 0.15) is 28.4 Å². The Labute approximate surface area is 227 Å². The van der Waals surface area contributed by atoms with E-state index >= 15 is 0 Å². The van der Waals surface area contributed by atoms with E-state index < -0.39 is 5.97 Å². The fourth-order valence-electron chi connectivity index (χ4n) is 3.36. The van der Waals surface area contributed by atoms with Crippen molar-refractivity contribution in [2.45, 2.75) is 13.5 Å². The molecule has 4 rings (SSSR count). The maximum Gasteiger partial charge on any atom is 0.335 e. The molecule has 0 radical (unpaired) electrons. The van der Waals surface area contributed by atoms with Gasteiger partial charge in [0.25, 0.3) is 5.91 Å². The van der Waals surface area contributed by atoms with Crippen molar-refractivity contribution in [3.05, 3.63) is 97.3 Å². The number of aromatic carboxylic acids is 1. The molecule has 1 heterocycles. The number of halogens is 3. The molecule has 1 aliphatic rings. The van der Waals surface area contributed by atoms with Crippen molar-refractivity contribution in [2.24, 2.45) is 4.99 Å². The van der Waals surface area contributed by atoms with Gasteiger partial charge in [0.15, 0.2) is 5.17 Å². The van der Waals surface area contributed by atoms with Crippen LogP contribution in [0.15, 0.2) is 70.6 Å². The number of ether oxygens (including phenoxy) is 1. The maximum atomic E-state index is 13.0. The van der Waals surface area contributed by atoms with Crippen LogP contribution < -0.4 is 4.74 Å². The van der Waals surface area contributed by atoms with Crippen LogP contribution in [0.5, 0.6) is 5.75 Å². The topological polar surface area (TPSA) is 79.2 Å². The van der Waals surface area contributed by atoms with Crippen LogP contribution >= 0.6 is 46.6 Å². The van der Waals surface area contributed by atoms with E-state index in [-0.39, 0.29) is 18.1 Å². The lowest BCUT2D eigenvalue weighted by Gasteiger charge is -2.12. The molecule has 36 heavy (non-hydrogen) atoms. The molecule has 0 bridgehead atoms. The van der Waals surface area contributed by atoms with Gasteiger partial charge in [-0.25, -0.2) is 9.79 Å². The molecule has 0 saturated carbocycles. The van der Waals surface area contributed by atoms with Gasteiger partial charge < -0.3 is 9.84 Å². The number of likely N-dealkylation sites (N-methyl/N-ethyl adjacent to an activating group) is 1. The van der Waals surface area contributed by atoms with E-state index in [1.165, 1.54) is 23.9 Å². The zero-order valence-corrected chi connectivity index (χ0v) is 22.0. The molecule has 3 aromatic rings. The molecular weight excluding hydrogens is 543 g/mol. The summed E-state index contributed by atoms with van der Waals surface area (Å²) in [4.78, 5) is 30.7. The largest absolute Gasteiger partial charge is 0.487 e. The highest BCUT2D eigenvalue weighted by atomic mass is 35.5. The number of carbonyl (C=O) groups excluding carboxylic acids is 1. The third kappa shape index (κ3) is 6.05. The first-order chi connectivity index (χ1) is 17.2. The average molecular weight is 562 g/mol. The molecule has 1 amide bonds. The van der Waals surface area contributed by atoms with E-state index in [0.29, 0.717) is 43.1 Å². The number of rotatable bonds is 7. The van der Waals surface area contributed by atoms with Crippen molar-refractivity contribution in [3.63, 3.8) is 0 Å². The van der Waals surface area contributed by atoms with Crippen LogP contribution in [0.25, 0.3) is 6.08 Å².